The van der Waals surface area contributed by atoms with Gasteiger partial charge < -0.3 is 19.3 Å². The fourth-order valence-corrected chi connectivity index (χ4v) is 4.41. The van der Waals surface area contributed by atoms with Gasteiger partial charge in [0, 0.05) is 13.5 Å². The number of carbonyl (C=O) groups excluding carboxylic acids is 1. The largest absolute Gasteiger partial charge is 0.387 e. The van der Waals surface area contributed by atoms with Crippen LogP contribution in [-0.2, 0) is 19.0 Å². The molecule has 19 heavy (non-hydrogen) atoms. The van der Waals surface area contributed by atoms with Gasteiger partial charge in [0.1, 0.15) is 17.8 Å². The highest BCUT2D eigenvalue weighted by Crippen LogP contribution is 2.47. The molecule has 0 aromatic heterocycles. The van der Waals surface area contributed by atoms with Crippen LogP contribution in [0.15, 0.2) is 0 Å². The van der Waals surface area contributed by atoms with Crippen LogP contribution in [0.4, 0.5) is 0 Å². The molecule has 0 bridgehead atoms. The Kier molecular flexibility index (Phi) is 3.88. The Balaban J connectivity index is 1.82. The van der Waals surface area contributed by atoms with Crippen LogP contribution in [0.5, 0.6) is 0 Å². The highest BCUT2D eigenvalue weighted by Gasteiger charge is 2.64. The van der Waals surface area contributed by atoms with E-state index in [2.05, 4.69) is 0 Å². The van der Waals surface area contributed by atoms with Crippen LogP contribution < -0.4 is 0 Å². The second-order valence-electron chi connectivity index (χ2n) is 5.44. The first kappa shape index (κ1) is 13.8. The lowest BCUT2D eigenvalue weighted by atomic mass is 9.83. The van der Waals surface area contributed by atoms with Crippen molar-refractivity contribution in [1.29, 1.82) is 0 Å². The first-order valence-corrected chi connectivity index (χ1v) is 7.75. The minimum Gasteiger partial charge on any atom is -0.387 e. The van der Waals surface area contributed by atoms with Gasteiger partial charge in [0.05, 0.1) is 24.6 Å². The molecule has 3 fully saturated rings. The van der Waals surface area contributed by atoms with E-state index >= 15 is 0 Å². The summed E-state index contributed by atoms with van der Waals surface area (Å²) < 4.78 is 17.5. The summed E-state index contributed by atoms with van der Waals surface area (Å²) in [5, 5.41) is 10.3. The van der Waals surface area contributed by atoms with E-state index in [0.29, 0.717) is 13.2 Å². The first-order valence-electron chi connectivity index (χ1n) is 6.87. The molecule has 3 rings (SSSR count). The molecule has 0 aromatic carbocycles. The average Bonchev–Trinajstić information content (AvgIpc) is 2.91. The van der Waals surface area contributed by atoms with Crippen LogP contribution >= 0.6 is 11.8 Å². The van der Waals surface area contributed by atoms with Crippen molar-refractivity contribution in [3.63, 3.8) is 0 Å². The molecule has 1 N–H and O–H groups in total. The number of carbonyl (C=O) groups is 1. The predicted molar refractivity (Wildman–Crippen MR) is 70.1 cm³/mol. The zero-order chi connectivity index (χ0) is 13.5. The van der Waals surface area contributed by atoms with Crippen LogP contribution in [0.2, 0.25) is 0 Å². The number of aliphatic hydroxyl groups excluding tert-OH is 1. The Morgan fingerprint density at radius 3 is 2.84 bits per heavy atom. The molecule has 0 spiro atoms. The van der Waals surface area contributed by atoms with E-state index in [4.69, 9.17) is 14.2 Å². The minimum absolute atomic E-state index is 0.0415. The lowest BCUT2D eigenvalue weighted by Crippen LogP contribution is -2.57. The van der Waals surface area contributed by atoms with Gasteiger partial charge in [-0.2, -0.15) is 0 Å². The zero-order valence-electron chi connectivity index (χ0n) is 11.0. The van der Waals surface area contributed by atoms with E-state index in [-0.39, 0.29) is 29.2 Å². The fourth-order valence-electron chi connectivity index (χ4n) is 3.43. The summed E-state index contributed by atoms with van der Waals surface area (Å²) in [6, 6.07) is 0. The fraction of sp³-hybridized carbons (Fsp3) is 0.923. The van der Waals surface area contributed by atoms with Gasteiger partial charge in [-0.3, -0.25) is 4.79 Å². The molecule has 6 heteroatoms. The molecule has 3 aliphatic rings. The van der Waals surface area contributed by atoms with Gasteiger partial charge in [-0.1, -0.05) is 11.8 Å². The number of ether oxygens (including phenoxy) is 3. The average molecular weight is 288 g/mol. The summed E-state index contributed by atoms with van der Waals surface area (Å²) in [5.74, 6) is 0. The molecule has 0 saturated carbocycles. The van der Waals surface area contributed by atoms with Crippen LogP contribution in [-0.4, -0.2) is 59.2 Å². The van der Waals surface area contributed by atoms with Crippen molar-refractivity contribution in [1.82, 2.24) is 0 Å². The van der Waals surface area contributed by atoms with Gasteiger partial charge in [-0.25, -0.2) is 0 Å². The van der Waals surface area contributed by atoms with Crippen LogP contribution in [0, 0.1) is 0 Å². The smallest absolute Gasteiger partial charge is 0.186 e. The van der Waals surface area contributed by atoms with Crippen LogP contribution in [0.1, 0.15) is 26.2 Å². The molecule has 0 aliphatic carbocycles. The second kappa shape index (κ2) is 5.33. The molecule has 0 amide bonds. The number of hydrogen-bond acceptors (Lipinski definition) is 6. The van der Waals surface area contributed by atoms with E-state index in [1.807, 2.05) is 0 Å². The monoisotopic (exact) mass is 288 g/mol. The normalized spacial score (nSPS) is 46.2. The maximum atomic E-state index is 11.3. The summed E-state index contributed by atoms with van der Waals surface area (Å²) in [4.78, 5) is 11.3. The Morgan fingerprint density at radius 2 is 2.16 bits per heavy atom. The summed E-state index contributed by atoms with van der Waals surface area (Å²) in [5.41, 5.74) is -0.770. The predicted octanol–water partition coefficient (Wildman–Crippen LogP) is 0.732. The maximum absolute atomic E-state index is 11.3. The van der Waals surface area contributed by atoms with Crippen molar-refractivity contribution in [3.8, 4) is 0 Å². The lowest BCUT2D eigenvalue weighted by Gasteiger charge is -2.40. The molecule has 5 atom stereocenters. The standard InChI is InChI=1S/C13H20O5S/c1-8(14)19-9-6-18-13(10(15)7-17-12(9)13)11-4-2-3-5-16-11/h9-12,15H,2-7H2,1H3/t9-,10-,11?,12+,13-/m0/s1. The molecule has 3 aliphatic heterocycles. The highest BCUT2D eigenvalue weighted by atomic mass is 32.2. The third kappa shape index (κ3) is 2.23. The van der Waals surface area contributed by atoms with Gasteiger partial charge in [0.15, 0.2) is 5.12 Å². The van der Waals surface area contributed by atoms with Gasteiger partial charge in [0.25, 0.3) is 0 Å². The quantitative estimate of drug-likeness (QED) is 0.808. The van der Waals surface area contributed by atoms with E-state index < -0.39 is 11.7 Å². The van der Waals surface area contributed by atoms with Crippen molar-refractivity contribution < 1.29 is 24.1 Å². The van der Waals surface area contributed by atoms with Gasteiger partial charge >= 0.3 is 0 Å². The topological polar surface area (TPSA) is 65.0 Å². The van der Waals surface area contributed by atoms with Crippen molar-refractivity contribution >= 4 is 16.9 Å². The van der Waals surface area contributed by atoms with Crippen LogP contribution in [0.3, 0.4) is 0 Å². The summed E-state index contributed by atoms with van der Waals surface area (Å²) in [6.07, 6.45) is 1.98. The molecule has 1 unspecified atom stereocenters. The van der Waals surface area contributed by atoms with E-state index in [0.717, 1.165) is 19.3 Å². The third-order valence-electron chi connectivity index (χ3n) is 4.23. The van der Waals surface area contributed by atoms with Crippen molar-refractivity contribution in [2.24, 2.45) is 0 Å². The Hall–Kier alpha value is -0.140. The molecule has 0 aromatic rings. The number of hydrogen-bond donors (Lipinski definition) is 1. The third-order valence-corrected chi connectivity index (χ3v) is 5.25. The zero-order valence-corrected chi connectivity index (χ0v) is 11.9. The second-order valence-corrected chi connectivity index (χ2v) is 6.85. The van der Waals surface area contributed by atoms with E-state index in [1.54, 1.807) is 6.92 Å². The highest BCUT2D eigenvalue weighted by molar-refractivity contribution is 8.14. The van der Waals surface area contributed by atoms with Gasteiger partial charge in [-0.15, -0.1) is 0 Å². The Labute approximate surface area is 117 Å². The number of aliphatic hydroxyl groups is 1. The Morgan fingerprint density at radius 1 is 1.32 bits per heavy atom. The summed E-state index contributed by atoms with van der Waals surface area (Å²) in [7, 11) is 0. The SMILES string of the molecule is CC(=O)S[C@H]1CO[C@@]2(C3CCCCO3)[C@@H]1OC[C@@H]2O. The summed E-state index contributed by atoms with van der Waals surface area (Å²) >= 11 is 1.25. The van der Waals surface area contributed by atoms with Crippen LogP contribution in [0.25, 0.3) is 0 Å². The van der Waals surface area contributed by atoms with Crippen molar-refractivity contribution in [2.45, 2.75) is 55.3 Å². The van der Waals surface area contributed by atoms with E-state index in [1.165, 1.54) is 11.8 Å². The molecule has 3 heterocycles. The molecule has 0 radical (unpaired) electrons. The molecular formula is C13H20O5S. The van der Waals surface area contributed by atoms with Crippen molar-refractivity contribution in [3.05, 3.63) is 0 Å². The maximum Gasteiger partial charge on any atom is 0.186 e. The summed E-state index contributed by atoms with van der Waals surface area (Å²) in [6.45, 7) is 2.96. The lowest BCUT2D eigenvalue weighted by molar-refractivity contribution is -0.177. The number of thioether (sulfide) groups is 1. The van der Waals surface area contributed by atoms with Gasteiger partial charge in [0.2, 0.25) is 0 Å². The number of fused-ring (bicyclic) bond motifs is 1. The molecule has 5 nitrogen and oxygen atoms in total. The van der Waals surface area contributed by atoms with Crippen molar-refractivity contribution in [2.75, 3.05) is 19.8 Å². The molecule has 3 saturated heterocycles. The Bertz CT molecular complexity index is 357. The van der Waals surface area contributed by atoms with E-state index in [9.17, 15) is 9.90 Å². The number of rotatable bonds is 2. The molecular weight excluding hydrogens is 268 g/mol. The first-order chi connectivity index (χ1) is 9.14. The molecule has 108 valence electrons. The minimum atomic E-state index is -0.770. The van der Waals surface area contributed by atoms with Gasteiger partial charge in [-0.05, 0) is 19.3 Å².